The van der Waals surface area contributed by atoms with Gasteiger partial charge in [0.1, 0.15) is 13.2 Å². The van der Waals surface area contributed by atoms with Crippen LogP contribution in [0.5, 0.6) is 11.5 Å². The highest BCUT2D eigenvalue weighted by Crippen LogP contribution is 2.32. The molecule has 2 aromatic carbocycles. The highest BCUT2D eigenvalue weighted by molar-refractivity contribution is 6.31. The molecular formula is C15H13ClO2. The molecule has 2 nitrogen and oxygen atoms in total. The quantitative estimate of drug-likeness (QED) is 0.820. The summed E-state index contributed by atoms with van der Waals surface area (Å²) in [5.41, 5.74) is 2.29. The van der Waals surface area contributed by atoms with Crippen LogP contribution in [0.2, 0.25) is 5.02 Å². The van der Waals surface area contributed by atoms with Crippen LogP contribution in [0.15, 0.2) is 42.5 Å². The molecule has 0 saturated heterocycles. The molecule has 92 valence electrons. The maximum atomic E-state index is 6.16. The molecule has 1 aliphatic heterocycles. The monoisotopic (exact) mass is 260 g/mol. The first-order valence-corrected chi connectivity index (χ1v) is 6.33. The molecule has 0 atom stereocenters. The highest BCUT2D eigenvalue weighted by Gasteiger charge is 2.12. The first-order valence-electron chi connectivity index (χ1n) is 5.95. The van der Waals surface area contributed by atoms with E-state index >= 15 is 0 Å². The Kier molecular flexibility index (Phi) is 3.11. The largest absolute Gasteiger partial charge is 0.486 e. The van der Waals surface area contributed by atoms with Crippen molar-refractivity contribution < 1.29 is 9.47 Å². The van der Waals surface area contributed by atoms with Crippen molar-refractivity contribution >= 4 is 11.6 Å². The molecule has 0 saturated carbocycles. The Bertz CT molecular complexity index is 566. The fraction of sp³-hybridized carbons (Fsp3) is 0.200. The Balaban J connectivity index is 1.87. The molecular weight excluding hydrogens is 248 g/mol. The lowest BCUT2D eigenvalue weighted by Crippen LogP contribution is -2.15. The standard InChI is InChI=1S/C15H13ClO2/c16-13-4-2-1-3-12(13)9-11-5-6-14-15(10-11)18-8-7-17-14/h1-6,10H,7-9H2. The Morgan fingerprint density at radius 1 is 0.944 bits per heavy atom. The van der Waals surface area contributed by atoms with E-state index in [1.807, 2.05) is 36.4 Å². The molecule has 0 aromatic heterocycles. The lowest BCUT2D eigenvalue weighted by atomic mass is 10.0. The summed E-state index contributed by atoms with van der Waals surface area (Å²) in [4.78, 5) is 0. The van der Waals surface area contributed by atoms with Gasteiger partial charge >= 0.3 is 0 Å². The number of fused-ring (bicyclic) bond motifs is 1. The summed E-state index contributed by atoms with van der Waals surface area (Å²) in [6, 6.07) is 13.9. The van der Waals surface area contributed by atoms with E-state index in [0.717, 1.165) is 28.5 Å². The van der Waals surface area contributed by atoms with Crippen LogP contribution in [-0.4, -0.2) is 13.2 Å². The van der Waals surface area contributed by atoms with E-state index in [0.29, 0.717) is 13.2 Å². The van der Waals surface area contributed by atoms with Crippen molar-refractivity contribution in [3.63, 3.8) is 0 Å². The zero-order valence-corrected chi connectivity index (χ0v) is 10.6. The number of benzene rings is 2. The molecule has 0 unspecified atom stereocenters. The van der Waals surface area contributed by atoms with Crippen LogP contribution in [0, 0.1) is 0 Å². The Labute approximate surface area is 111 Å². The van der Waals surface area contributed by atoms with E-state index in [-0.39, 0.29) is 0 Å². The summed E-state index contributed by atoms with van der Waals surface area (Å²) in [7, 11) is 0. The second kappa shape index (κ2) is 4.91. The van der Waals surface area contributed by atoms with Gasteiger partial charge in [-0.15, -0.1) is 0 Å². The third kappa shape index (κ3) is 2.29. The van der Waals surface area contributed by atoms with Crippen LogP contribution in [0.25, 0.3) is 0 Å². The maximum Gasteiger partial charge on any atom is 0.161 e. The molecule has 0 bridgehead atoms. The lowest BCUT2D eigenvalue weighted by Gasteiger charge is -2.19. The van der Waals surface area contributed by atoms with Gasteiger partial charge in [0, 0.05) is 5.02 Å². The third-order valence-electron chi connectivity index (χ3n) is 2.96. The van der Waals surface area contributed by atoms with Gasteiger partial charge < -0.3 is 9.47 Å². The Hall–Kier alpha value is -1.67. The Morgan fingerprint density at radius 3 is 2.56 bits per heavy atom. The minimum Gasteiger partial charge on any atom is -0.486 e. The number of halogens is 1. The second-order valence-corrected chi connectivity index (χ2v) is 4.65. The molecule has 0 N–H and O–H groups in total. The molecule has 0 radical (unpaired) electrons. The van der Waals surface area contributed by atoms with Crippen LogP contribution in [0.4, 0.5) is 0 Å². The zero-order valence-electron chi connectivity index (χ0n) is 9.86. The molecule has 0 fully saturated rings. The number of ether oxygens (including phenoxy) is 2. The Morgan fingerprint density at radius 2 is 1.72 bits per heavy atom. The van der Waals surface area contributed by atoms with Gasteiger partial charge in [-0.3, -0.25) is 0 Å². The summed E-state index contributed by atoms with van der Waals surface area (Å²) >= 11 is 6.16. The van der Waals surface area contributed by atoms with Gasteiger partial charge in [-0.25, -0.2) is 0 Å². The van der Waals surface area contributed by atoms with Crippen molar-refractivity contribution in [2.45, 2.75) is 6.42 Å². The molecule has 18 heavy (non-hydrogen) atoms. The summed E-state index contributed by atoms with van der Waals surface area (Å²) < 4.78 is 11.1. The smallest absolute Gasteiger partial charge is 0.161 e. The number of hydrogen-bond acceptors (Lipinski definition) is 2. The van der Waals surface area contributed by atoms with Gasteiger partial charge in [-0.1, -0.05) is 35.9 Å². The van der Waals surface area contributed by atoms with Gasteiger partial charge in [0.2, 0.25) is 0 Å². The average molecular weight is 261 g/mol. The van der Waals surface area contributed by atoms with Crippen LogP contribution >= 0.6 is 11.6 Å². The van der Waals surface area contributed by atoms with Gasteiger partial charge in [0.25, 0.3) is 0 Å². The first-order chi connectivity index (χ1) is 8.83. The van der Waals surface area contributed by atoms with E-state index in [2.05, 4.69) is 6.07 Å². The topological polar surface area (TPSA) is 18.5 Å². The SMILES string of the molecule is Clc1ccccc1Cc1ccc2c(c1)OCCO2. The predicted octanol–water partition coefficient (Wildman–Crippen LogP) is 3.70. The van der Waals surface area contributed by atoms with Gasteiger partial charge in [-0.05, 0) is 35.7 Å². The summed E-state index contributed by atoms with van der Waals surface area (Å²) in [5, 5.41) is 0.799. The number of hydrogen-bond donors (Lipinski definition) is 0. The van der Waals surface area contributed by atoms with Crippen LogP contribution in [0.3, 0.4) is 0 Å². The van der Waals surface area contributed by atoms with Gasteiger partial charge in [0.05, 0.1) is 0 Å². The second-order valence-electron chi connectivity index (χ2n) is 4.25. The molecule has 0 spiro atoms. The van der Waals surface area contributed by atoms with Gasteiger partial charge in [-0.2, -0.15) is 0 Å². The van der Waals surface area contributed by atoms with Crippen molar-refractivity contribution in [3.05, 3.63) is 58.6 Å². The molecule has 3 heteroatoms. The van der Waals surface area contributed by atoms with Crippen molar-refractivity contribution in [3.8, 4) is 11.5 Å². The molecule has 0 aliphatic carbocycles. The first kappa shape index (κ1) is 11.4. The van der Waals surface area contributed by atoms with Crippen molar-refractivity contribution in [1.29, 1.82) is 0 Å². The summed E-state index contributed by atoms with van der Waals surface area (Å²) in [5.74, 6) is 1.65. The molecule has 1 aliphatic rings. The lowest BCUT2D eigenvalue weighted by molar-refractivity contribution is 0.171. The molecule has 1 heterocycles. The normalized spacial score (nSPS) is 13.4. The molecule has 2 aromatic rings. The summed E-state index contributed by atoms with van der Waals surface area (Å²) in [6.07, 6.45) is 0.802. The maximum absolute atomic E-state index is 6.16. The predicted molar refractivity (Wildman–Crippen MR) is 71.7 cm³/mol. The molecule has 3 rings (SSSR count). The summed E-state index contributed by atoms with van der Waals surface area (Å²) in [6.45, 7) is 1.24. The van der Waals surface area contributed by atoms with E-state index < -0.39 is 0 Å². The van der Waals surface area contributed by atoms with Crippen LogP contribution in [0.1, 0.15) is 11.1 Å². The van der Waals surface area contributed by atoms with Crippen LogP contribution < -0.4 is 9.47 Å². The van der Waals surface area contributed by atoms with E-state index in [9.17, 15) is 0 Å². The van der Waals surface area contributed by atoms with Gasteiger partial charge in [0.15, 0.2) is 11.5 Å². The van der Waals surface area contributed by atoms with Crippen molar-refractivity contribution in [2.75, 3.05) is 13.2 Å². The van der Waals surface area contributed by atoms with E-state index in [4.69, 9.17) is 21.1 Å². The minimum absolute atomic E-state index is 0.614. The third-order valence-corrected chi connectivity index (χ3v) is 3.33. The average Bonchev–Trinajstić information content (AvgIpc) is 2.41. The van der Waals surface area contributed by atoms with Crippen molar-refractivity contribution in [2.24, 2.45) is 0 Å². The highest BCUT2D eigenvalue weighted by atomic mass is 35.5. The van der Waals surface area contributed by atoms with E-state index in [1.54, 1.807) is 0 Å². The number of rotatable bonds is 2. The fourth-order valence-corrected chi connectivity index (χ4v) is 2.26. The minimum atomic E-state index is 0.614. The molecule has 0 amide bonds. The van der Waals surface area contributed by atoms with E-state index in [1.165, 1.54) is 5.56 Å². The fourth-order valence-electron chi connectivity index (χ4n) is 2.06. The zero-order chi connectivity index (χ0) is 12.4. The van der Waals surface area contributed by atoms with Crippen molar-refractivity contribution in [1.82, 2.24) is 0 Å². The van der Waals surface area contributed by atoms with Crippen LogP contribution in [-0.2, 0) is 6.42 Å².